The molecule has 0 amide bonds. The summed E-state index contributed by atoms with van der Waals surface area (Å²) < 4.78 is 37.1. The number of aromatic nitrogens is 1. The molecule has 0 aromatic carbocycles. The van der Waals surface area contributed by atoms with Gasteiger partial charge in [0.05, 0.1) is 0 Å². The summed E-state index contributed by atoms with van der Waals surface area (Å²) in [5.41, 5.74) is -0.616. The van der Waals surface area contributed by atoms with Crippen molar-refractivity contribution in [1.82, 2.24) is 4.98 Å². The number of aryl methyl sites for hydroxylation is 1. The van der Waals surface area contributed by atoms with Crippen LogP contribution < -0.4 is 57.0 Å². The Hall–Kier alpha value is 1.12. The van der Waals surface area contributed by atoms with Crippen molar-refractivity contribution in [1.29, 1.82) is 0 Å². The first kappa shape index (κ1) is 14.1. The summed E-state index contributed by atoms with van der Waals surface area (Å²) in [6, 6.07) is 1.40. The van der Waals surface area contributed by atoms with Gasteiger partial charge < -0.3 is 12.9 Å². The van der Waals surface area contributed by atoms with Gasteiger partial charge in [0.15, 0.2) is 0 Å². The number of rotatable bonds is 1. The summed E-state index contributed by atoms with van der Waals surface area (Å²) in [4.78, 5) is 3.30. The van der Waals surface area contributed by atoms with Gasteiger partial charge in [0, 0.05) is 10.7 Å². The van der Waals surface area contributed by atoms with E-state index in [9.17, 15) is 12.9 Å². The van der Waals surface area contributed by atoms with E-state index in [0.717, 1.165) is 6.20 Å². The SMILES string of the molecule is Cc1cc(Br)cnc1[B-](F)(F)F.[K+]. The first-order valence-corrected chi connectivity index (χ1v) is 4.02. The van der Waals surface area contributed by atoms with E-state index in [4.69, 9.17) is 0 Å². The molecule has 0 aliphatic rings. The number of hydrogen-bond donors (Lipinski definition) is 0. The molecule has 0 unspecified atom stereocenters. The van der Waals surface area contributed by atoms with Crippen molar-refractivity contribution < 1.29 is 64.3 Å². The summed E-state index contributed by atoms with van der Waals surface area (Å²) in [5.74, 6) is 0. The zero-order chi connectivity index (χ0) is 9.35. The molecule has 0 bridgehead atoms. The van der Waals surface area contributed by atoms with Crippen molar-refractivity contribution in [2.45, 2.75) is 6.92 Å². The molecule has 0 aliphatic carbocycles. The fourth-order valence-electron chi connectivity index (χ4n) is 0.894. The maximum atomic E-state index is 12.2. The van der Waals surface area contributed by atoms with Crippen LogP contribution in [0.3, 0.4) is 0 Å². The Labute approximate surface area is 125 Å². The second-order valence-corrected chi connectivity index (χ2v) is 3.35. The van der Waals surface area contributed by atoms with Crippen molar-refractivity contribution in [3.05, 3.63) is 22.3 Å². The Morgan fingerprint density at radius 2 is 1.92 bits per heavy atom. The van der Waals surface area contributed by atoms with E-state index in [0.29, 0.717) is 4.47 Å². The third kappa shape index (κ3) is 4.01. The maximum absolute atomic E-state index is 12.2. The normalized spacial score (nSPS) is 10.8. The van der Waals surface area contributed by atoms with Gasteiger partial charge in [-0.05, 0) is 34.5 Å². The minimum Gasteiger partial charge on any atom is -0.444 e. The van der Waals surface area contributed by atoms with E-state index in [2.05, 4.69) is 20.9 Å². The summed E-state index contributed by atoms with van der Waals surface area (Å²) in [7, 11) is 0. The Balaban J connectivity index is 0.00000144. The summed E-state index contributed by atoms with van der Waals surface area (Å²) >= 11 is 3.04. The van der Waals surface area contributed by atoms with Crippen molar-refractivity contribution in [2.24, 2.45) is 0 Å². The monoisotopic (exact) mass is 277 g/mol. The van der Waals surface area contributed by atoms with Crippen molar-refractivity contribution in [2.75, 3.05) is 0 Å². The van der Waals surface area contributed by atoms with Crippen LogP contribution >= 0.6 is 15.9 Å². The molecular formula is C6H5BBrF3KN. The summed E-state index contributed by atoms with van der Waals surface area (Å²) in [6.07, 6.45) is 1.15. The second-order valence-electron chi connectivity index (χ2n) is 2.43. The number of nitrogens with zero attached hydrogens (tertiary/aromatic N) is 1. The molecule has 13 heavy (non-hydrogen) atoms. The van der Waals surface area contributed by atoms with Gasteiger partial charge in [-0.1, -0.05) is 5.56 Å². The van der Waals surface area contributed by atoms with E-state index >= 15 is 0 Å². The van der Waals surface area contributed by atoms with Gasteiger partial charge in [-0.3, -0.25) is 4.98 Å². The van der Waals surface area contributed by atoms with Crippen molar-refractivity contribution in [3.63, 3.8) is 0 Å². The molecule has 1 nitrogen and oxygen atoms in total. The van der Waals surface area contributed by atoms with Crippen LogP contribution in [0, 0.1) is 6.92 Å². The largest absolute Gasteiger partial charge is 1.00 e. The van der Waals surface area contributed by atoms with E-state index in [1.165, 1.54) is 13.0 Å². The van der Waals surface area contributed by atoms with E-state index in [-0.39, 0.29) is 56.9 Å². The number of pyridine rings is 1. The molecule has 0 saturated carbocycles. The molecule has 0 aliphatic heterocycles. The minimum atomic E-state index is -4.98. The molecule has 66 valence electrons. The van der Waals surface area contributed by atoms with E-state index in [1.807, 2.05) is 0 Å². The quantitative estimate of drug-likeness (QED) is 0.614. The molecule has 0 saturated heterocycles. The number of halogens is 4. The Kier molecular flexibility index (Phi) is 5.73. The average Bonchev–Trinajstić information content (AvgIpc) is 1.83. The van der Waals surface area contributed by atoms with E-state index < -0.39 is 12.6 Å². The molecule has 1 rings (SSSR count). The molecule has 0 N–H and O–H groups in total. The van der Waals surface area contributed by atoms with Crippen molar-refractivity contribution >= 4 is 28.5 Å². The van der Waals surface area contributed by atoms with Crippen molar-refractivity contribution in [3.8, 4) is 0 Å². The smallest absolute Gasteiger partial charge is 0.444 e. The van der Waals surface area contributed by atoms with Crippen LogP contribution in [0.25, 0.3) is 0 Å². The third-order valence-corrected chi connectivity index (χ3v) is 1.83. The minimum absolute atomic E-state index is 0. The Morgan fingerprint density at radius 3 is 2.31 bits per heavy atom. The fraction of sp³-hybridized carbons (Fsp3) is 0.167. The zero-order valence-corrected chi connectivity index (χ0v) is 11.9. The third-order valence-electron chi connectivity index (χ3n) is 1.40. The molecule has 0 spiro atoms. The standard InChI is InChI=1S/C6H5BBrF3N.K/c1-4-2-5(8)3-12-6(4)7(9,10)11;/h2-3H,1H3;/q-1;+1. The molecule has 7 heteroatoms. The molecule has 0 radical (unpaired) electrons. The van der Waals surface area contributed by atoms with Gasteiger partial charge in [-0.15, -0.1) is 0 Å². The average molecular weight is 278 g/mol. The first-order valence-electron chi connectivity index (χ1n) is 3.23. The van der Waals surface area contributed by atoms with Gasteiger partial charge in [0.1, 0.15) is 0 Å². The van der Waals surface area contributed by atoms with Crippen LogP contribution in [0.2, 0.25) is 0 Å². The molecule has 0 fully saturated rings. The van der Waals surface area contributed by atoms with Gasteiger partial charge in [-0.25, -0.2) is 0 Å². The van der Waals surface area contributed by atoms with Gasteiger partial charge in [0.25, 0.3) is 0 Å². The van der Waals surface area contributed by atoms with Gasteiger partial charge in [-0.2, -0.15) is 0 Å². The summed E-state index contributed by atoms with van der Waals surface area (Å²) in [6.45, 7) is -3.58. The van der Waals surface area contributed by atoms with Gasteiger partial charge >= 0.3 is 58.4 Å². The molecule has 1 aromatic rings. The maximum Gasteiger partial charge on any atom is 1.00 e. The zero-order valence-electron chi connectivity index (χ0n) is 7.19. The van der Waals surface area contributed by atoms with Crippen LogP contribution in [-0.2, 0) is 0 Å². The molecule has 1 aromatic heterocycles. The van der Waals surface area contributed by atoms with Crippen LogP contribution in [0.5, 0.6) is 0 Å². The molecular weight excluding hydrogens is 273 g/mol. The van der Waals surface area contributed by atoms with Crippen LogP contribution in [-0.4, -0.2) is 12.0 Å². The van der Waals surface area contributed by atoms with E-state index in [1.54, 1.807) is 0 Å². The topological polar surface area (TPSA) is 12.9 Å². The van der Waals surface area contributed by atoms with Crippen LogP contribution in [0.4, 0.5) is 12.9 Å². The molecule has 1 heterocycles. The van der Waals surface area contributed by atoms with Crippen LogP contribution in [0.1, 0.15) is 5.56 Å². The predicted molar refractivity (Wildman–Crippen MR) is 45.4 cm³/mol. The van der Waals surface area contributed by atoms with Gasteiger partial charge in [0.2, 0.25) is 0 Å². The molecule has 0 atom stereocenters. The first-order chi connectivity index (χ1) is 5.41. The Bertz CT molecular complexity index is 304. The second kappa shape index (κ2) is 5.27. The predicted octanol–water partition coefficient (Wildman–Crippen LogP) is -0.789. The Morgan fingerprint density at radius 1 is 1.38 bits per heavy atom. The fourth-order valence-corrected chi connectivity index (χ4v) is 1.34. The number of hydrogen-bond acceptors (Lipinski definition) is 1. The van der Waals surface area contributed by atoms with Crippen LogP contribution in [0.15, 0.2) is 16.7 Å². The summed E-state index contributed by atoms with van der Waals surface area (Å²) in [5, 5.41) is 0.